The minimum Gasteiger partial charge on any atom is -0.480 e. The summed E-state index contributed by atoms with van der Waals surface area (Å²) in [5.41, 5.74) is -6.81. The zero-order valence-corrected chi connectivity index (χ0v) is 46.9. The van der Waals surface area contributed by atoms with Crippen molar-refractivity contribution >= 4 is 80.1 Å². The maximum atomic E-state index is 15.7. The van der Waals surface area contributed by atoms with Crippen molar-refractivity contribution in [2.45, 2.75) is 87.7 Å². The number of carbonyl (C=O) groups excluding carboxylic acids is 3. The van der Waals surface area contributed by atoms with Crippen molar-refractivity contribution in [3.8, 4) is 23.0 Å². The average molecular weight is 1280 g/mol. The summed E-state index contributed by atoms with van der Waals surface area (Å²) in [5.74, 6) is -8.50. The molecule has 1 fully saturated rings. The van der Waals surface area contributed by atoms with E-state index in [1.807, 2.05) is 0 Å². The molecule has 3 heterocycles. The monoisotopic (exact) mass is 1280 g/mol. The summed E-state index contributed by atoms with van der Waals surface area (Å²) in [6, 6.07) is 2.19. The van der Waals surface area contributed by atoms with Gasteiger partial charge in [-0.2, -0.15) is 49.6 Å². The van der Waals surface area contributed by atoms with Gasteiger partial charge in [-0.25, -0.2) is 54.1 Å². The van der Waals surface area contributed by atoms with Gasteiger partial charge in [0.25, 0.3) is 5.92 Å². The summed E-state index contributed by atoms with van der Waals surface area (Å²) in [7, 11) is -14.4. The summed E-state index contributed by atoms with van der Waals surface area (Å²) in [6.45, 7) is -3.83. The third-order valence-electron chi connectivity index (χ3n) is 13.0. The molecule has 3 amide bonds. The van der Waals surface area contributed by atoms with E-state index in [4.69, 9.17) is 26.1 Å². The van der Waals surface area contributed by atoms with Crippen LogP contribution in [0.2, 0.25) is 5.02 Å². The lowest BCUT2D eigenvalue weighted by molar-refractivity contribution is -0.143. The van der Waals surface area contributed by atoms with Gasteiger partial charge in [-0.1, -0.05) is 23.6 Å². The van der Waals surface area contributed by atoms with Gasteiger partial charge in [0, 0.05) is 34.9 Å². The number of aromatic nitrogens is 5. The molecule has 1 unspecified atom stereocenters. The number of carbonyl (C=O) groups is 4. The highest BCUT2D eigenvalue weighted by molar-refractivity contribution is 7.93. The maximum absolute atomic E-state index is 15.7. The van der Waals surface area contributed by atoms with Crippen LogP contribution >= 0.6 is 19.4 Å². The molecule has 0 aliphatic heterocycles. The van der Waals surface area contributed by atoms with Crippen LogP contribution in [0, 0.1) is 29.4 Å². The van der Waals surface area contributed by atoms with Gasteiger partial charge in [-0.15, -0.1) is 0 Å². The maximum Gasteiger partial charge on any atom is 0.472 e. The molecular weight excluding hydrogens is 1240 g/mol. The Morgan fingerprint density at radius 2 is 1.57 bits per heavy atom. The fraction of sp³-hybridized carbons (Fsp3) is 0.426. The molecule has 456 valence electrons. The van der Waals surface area contributed by atoms with Crippen LogP contribution in [0.3, 0.4) is 0 Å². The molecule has 37 heteroatoms. The molecule has 0 spiro atoms. The second-order valence-corrected chi connectivity index (χ2v) is 25.6. The van der Waals surface area contributed by atoms with Crippen molar-refractivity contribution in [3.63, 3.8) is 0 Å². The average Bonchev–Trinajstić information content (AvgIpc) is 1.53. The number of nitrogens with one attached hydrogen (secondary N) is 1. The van der Waals surface area contributed by atoms with Crippen LogP contribution in [-0.2, 0) is 79.6 Å². The molecule has 4 N–H and O–H groups in total. The number of fused-ring (bicyclic) bond motifs is 4. The molecule has 5 aromatic rings. The van der Waals surface area contributed by atoms with E-state index in [-0.39, 0.29) is 25.7 Å². The number of carboxylic acids is 1. The number of alkyl halides is 8. The fourth-order valence-electron chi connectivity index (χ4n) is 8.87. The Kier molecular flexibility index (Phi) is 17.7. The molecule has 0 bridgehead atoms. The third-order valence-corrected chi connectivity index (χ3v) is 16.7. The highest BCUT2D eigenvalue weighted by Gasteiger charge is 2.68. The quantitative estimate of drug-likeness (QED) is 0.0275. The molecule has 0 radical (unpaired) electrons. The van der Waals surface area contributed by atoms with Crippen molar-refractivity contribution < 1.29 is 113 Å². The molecule has 2 aliphatic rings. The fourth-order valence-corrected chi connectivity index (χ4v) is 10.3. The third kappa shape index (κ3) is 14.2. The number of phosphoric acid groups is 1. The summed E-state index contributed by atoms with van der Waals surface area (Å²) in [4.78, 5) is 75.4. The number of sulfonamides is 1. The van der Waals surface area contributed by atoms with Gasteiger partial charge in [0.1, 0.15) is 53.5 Å². The summed E-state index contributed by atoms with van der Waals surface area (Å²) in [5, 5.41) is 17.7. The van der Waals surface area contributed by atoms with Crippen molar-refractivity contribution in [1.29, 1.82) is 0 Å². The Balaban J connectivity index is 1.41. The van der Waals surface area contributed by atoms with Crippen LogP contribution in [0.25, 0.3) is 22.0 Å². The summed E-state index contributed by atoms with van der Waals surface area (Å²) >= 11 is 6.63. The number of hydrogen-bond donors (Lipinski definition) is 4. The molecule has 84 heavy (non-hydrogen) atoms. The molecule has 23 nitrogen and oxygen atoms in total. The minimum atomic E-state index is -5.29. The number of carboxylic acid groups (broad SMARTS) is 1. The van der Waals surface area contributed by atoms with Crippen molar-refractivity contribution in [1.82, 2.24) is 34.8 Å². The SMILES string of the molecule is C[C@@H](C(=O)O)N(CCOC(=O)N(c1nn(CC(F)(F)F)c2c(-c3ccc(C#CC(C)(C)S(C)(=O)=O)nc3[C@H](Cc3cc(F)cc(F)c3)NC(=O)Cn3nc(C(F)(F)F)c4c3C(F)(F)[C@@H]3CC43)ccc(Cl)c12)S(C)(=O)=O)C(=O)OCOP(=O)(O)O. The standard InChI is InChI=1S/C47H44ClF10N8O15PS2/c1-22(41(68)69)63(42(70)80-21-81-82(72,73)74)12-13-79-43(71)66(84(5,77)78)40-35-31(48)9-8-28(37(35)65(62-40)20-45(51,52)53)27-7-6-26(10-11-44(2,3)83(4,75)76)59-36(27)32(16-23-14-24(49)17-25(50)15-23)60-33(67)19-64-39-34(38(61-64)47(56,57)58)29-18-30(29)46(39,54)55/h6-9,14-15,17,22,29-30,32H,12-13,16,18-21H2,1-5H3,(H,60,67)(H,68,69)(H2,72,73,74)/t22-,29?,30+,32-/m0/s1. The van der Waals surface area contributed by atoms with E-state index in [2.05, 4.69) is 41.6 Å². The van der Waals surface area contributed by atoms with Crippen molar-refractivity contribution in [3.05, 3.63) is 93.0 Å². The topological polar surface area (TPSA) is 309 Å². The number of nitrogens with zero attached hydrogens (tertiary/aromatic N) is 7. The first-order chi connectivity index (χ1) is 38.5. The van der Waals surface area contributed by atoms with Crippen LogP contribution in [-0.4, -0.2) is 135 Å². The Morgan fingerprint density at radius 3 is 2.14 bits per heavy atom. The second-order valence-electron chi connectivity index (χ2n) is 19.5. The number of phosphoric ester groups is 1. The molecule has 1 saturated carbocycles. The van der Waals surface area contributed by atoms with Crippen LogP contribution in [0.15, 0.2) is 42.5 Å². The van der Waals surface area contributed by atoms with Crippen LogP contribution in [0.1, 0.15) is 73.1 Å². The Morgan fingerprint density at radius 1 is 0.940 bits per heavy atom. The number of ether oxygens (including phenoxy) is 2. The number of sulfone groups is 1. The number of aliphatic carboxylic acids is 1. The van der Waals surface area contributed by atoms with E-state index in [0.717, 1.165) is 49.6 Å². The smallest absolute Gasteiger partial charge is 0.472 e. The van der Waals surface area contributed by atoms with Crippen LogP contribution < -0.4 is 9.62 Å². The number of benzene rings is 2. The Labute approximate surface area is 473 Å². The Hall–Kier alpha value is -7.09. The van der Waals surface area contributed by atoms with Gasteiger partial charge in [0.15, 0.2) is 21.3 Å². The lowest BCUT2D eigenvalue weighted by atomic mass is 9.93. The first-order valence-electron chi connectivity index (χ1n) is 23.8. The molecule has 2 aromatic carbocycles. The van der Waals surface area contributed by atoms with Gasteiger partial charge in [-0.05, 0) is 81.3 Å². The number of hydrogen-bond acceptors (Lipinski definition) is 15. The minimum absolute atomic E-state index is 0.103. The zero-order valence-electron chi connectivity index (χ0n) is 43.6. The summed E-state index contributed by atoms with van der Waals surface area (Å²) < 4.78 is 223. The molecular formula is C47H44ClF10N8O15PS2. The van der Waals surface area contributed by atoms with E-state index in [1.165, 1.54) is 13.8 Å². The first kappa shape index (κ1) is 64.5. The van der Waals surface area contributed by atoms with Gasteiger partial charge in [0.2, 0.25) is 22.7 Å². The van der Waals surface area contributed by atoms with E-state index in [1.54, 1.807) is 0 Å². The van der Waals surface area contributed by atoms with Crippen LogP contribution in [0.4, 0.5) is 59.3 Å². The molecule has 0 saturated heterocycles. The van der Waals surface area contributed by atoms with Crippen molar-refractivity contribution in [2.24, 2.45) is 5.92 Å². The lowest BCUT2D eigenvalue weighted by Crippen LogP contribution is -2.46. The van der Waals surface area contributed by atoms with E-state index in [0.29, 0.717) is 17.2 Å². The molecule has 3 aromatic heterocycles. The number of amides is 3. The Bertz CT molecular complexity index is 3830. The predicted molar refractivity (Wildman–Crippen MR) is 270 cm³/mol. The number of halogens is 11. The molecule has 4 atom stereocenters. The number of rotatable bonds is 19. The summed E-state index contributed by atoms with van der Waals surface area (Å²) in [6.07, 6.45) is -14.1. The van der Waals surface area contributed by atoms with Gasteiger partial charge in [0.05, 0.1) is 40.5 Å². The lowest BCUT2D eigenvalue weighted by Gasteiger charge is -2.26. The normalized spacial score (nSPS) is 16.6. The van der Waals surface area contributed by atoms with E-state index < -0.39 is 211 Å². The first-order valence-corrected chi connectivity index (χ1v) is 29.5. The number of anilines is 1. The zero-order chi connectivity index (χ0) is 62.8. The van der Waals surface area contributed by atoms with Gasteiger partial charge >= 0.3 is 38.3 Å². The van der Waals surface area contributed by atoms with Gasteiger partial charge in [-0.3, -0.25) is 19.1 Å². The molecule has 7 rings (SSSR count). The molecule has 2 aliphatic carbocycles. The highest BCUT2D eigenvalue weighted by atomic mass is 35.5. The van der Waals surface area contributed by atoms with E-state index in [9.17, 15) is 80.8 Å². The second kappa shape index (κ2) is 23.1. The highest BCUT2D eigenvalue weighted by Crippen LogP contribution is 2.68. The van der Waals surface area contributed by atoms with Crippen molar-refractivity contribution in [2.75, 3.05) is 36.8 Å². The number of pyridine rings is 1. The van der Waals surface area contributed by atoms with Gasteiger partial charge < -0.3 is 29.7 Å². The van der Waals surface area contributed by atoms with Crippen LogP contribution in [0.5, 0.6) is 0 Å². The predicted octanol–water partition coefficient (Wildman–Crippen LogP) is 7.17. The van der Waals surface area contributed by atoms with E-state index >= 15 is 8.78 Å². The largest absolute Gasteiger partial charge is 0.480 e.